The van der Waals surface area contributed by atoms with Gasteiger partial charge in [-0.15, -0.1) is 12.4 Å². The molecule has 0 spiro atoms. The van der Waals surface area contributed by atoms with E-state index in [4.69, 9.17) is 4.74 Å². The lowest BCUT2D eigenvalue weighted by Crippen LogP contribution is -2.14. The number of halogens is 1. The maximum Gasteiger partial charge on any atom is 0.119 e. The number of rotatable bonds is 12. The van der Waals surface area contributed by atoms with Crippen LogP contribution in [0.5, 0.6) is 5.75 Å². The Morgan fingerprint density at radius 2 is 1.38 bits per heavy atom. The lowest BCUT2D eigenvalue weighted by molar-refractivity contribution is 0.306. The van der Waals surface area contributed by atoms with E-state index in [1.165, 1.54) is 55.2 Å². The summed E-state index contributed by atoms with van der Waals surface area (Å²) in [6.07, 6.45) is 8.10. The monoisotopic (exact) mass is 375 g/mol. The first-order chi connectivity index (χ1) is 12.3. The van der Waals surface area contributed by atoms with E-state index >= 15 is 0 Å². The first kappa shape index (κ1) is 22.5. The Bertz CT molecular complexity index is 580. The van der Waals surface area contributed by atoms with E-state index in [-0.39, 0.29) is 12.4 Å². The van der Waals surface area contributed by atoms with Crippen LogP contribution in [0.15, 0.2) is 48.5 Å². The van der Waals surface area contributed by atoms with Crippen molar-refractivity contribution in [2.75, 3.05) is 6.54 Å². The fourth-order valence-electron chi connectivity index (χ4n) is 2.82. The van der Waals surface area contributed by atoms with E-state index in [0.29, 0.717) is 6.61 Å². The minimum atomic E-state index is 0. The Morgan fingerprint density at radius 1 is 0.769 bits per heavy atom. The highest BCUT2D eigenvalue weighted by Gasteiger charge is 1.98. The molecule has 0 saturated heterocycles. The van der Waals surface area contributed by atoms with Gasteiger partial charge in [0.1, 0.15) is 12.4 Å². The number of aryl methyl sites for hydroxylation is 1. The van der Waals surface area contributed by atoms with Crippen LogP contribution in [-0.2, 0) is 13.2 Å². The third kappa shape index (κ3) is 9.26. The van der Waals surface area contributed by atoms with Gasteiger partial charge in [0.25, 0.3) is 0 Å². The minimum Gasteiger partial charge on any atom is -0.489 e. The van der Waals surface area contributed by atoms with E-state index in [0.717, 1.165) is 18.8 Å². The average Bonchev–Trinajstić information content (AvgIpc) is 2.64. The van der Waals surface area contributed by atoms with E-state index in [1.807, 2.05) is 0 Å². The lowest BCUT2D eigenvalue weighted by atomic mass is 10.1. The fraction of sp³-hybridized carbons (Fsp3) is 0.478. The van der Waals surface area contributed by atoms with Crippen molar-refractivity contribution in [1.29, 1.82) is 0 Å². The fourth-order valence-corrected chi connectivity index (χ4v) is 2.82. The highest BCUT2D eigenvalue weighted by Crippen LogP contribution is 2.14. The summed E-state index contributed by atoms with van der Waals surface area (Å²) in [4.78, 5) is 0. The van der Waals surface area contributed by atoms with E-state index in [1.54, 1.807) is 0 Å². The summed E-state index contributed by atoms with van der Waals surface area (Å²) >= 11 is 0. The van der Waals surface area contributed by atoms with Crippen LogP contribution in [0.2, 0.25) is 0 Å². The van der Waals surface area contributed by atoms with Gasteiger partial charge in [0.15, 0.2) is 0 Å². The van der Waals surface area contributed by atoms with Crippen molar-refractivity contribution in [2.24, 2.45) is 0 Å². The van der Waals surface area contributed by atoms with Crippen molar-refractivity contribution in [3.05, 3.63) is 65.2 Å². The smallest absolute Gasteiger partial charge is 0.119 e. The second-order valence-electron chi connectivity index (χ2n) is 6.86. The second-order valence-corrected chi connectivity index (χ2v) is 6.86. The number of unbranched alkanes of at least 4 members (excludes halogenated alkanes) is 5. The molecule has 0 aliphatic carbocycles. The normalized spacial score (nSPS) is 10.4. The van der Waals surface area contributed by atoms with Crippen molar-refractivity contribution >= 4 is 12.4 Å². The molecular formula is C23H34ClNO. The number of hydrogen-bond donors (Lipinski definition) is 1. The summed E-state index contributed by atoms with van der Waals surface area (Å²) in [5, 5.41) is 3.53. The Hall–Kier alpha value is -1.51. The molecule has 0 fully saturated rings. The Kier molecular flexibility index (Phi) is 11.8. The first-order valence-corrected chi connectivity index (χ1v) is 9.76. The molecule has 2 nitrogen and oxygen atoms in total. The number of hydrogen-bond acceptors (Lipinski definition) is 2. The van der Waals surface area contributed by atoms with Crippen LogP contribution >= 0.6 is 12.4 Å². The molecule has 0 aliphatic rings. The zero-order chi connectivity index (χ0) is 17.7. The molecule has 0 aromatic heterocycles. The Balaban J connectivity index is 0.00000338. The first-order valence-electron chi connectivity index (χ1n) is 9.76. The highest BCUT2D eigenvalue weighted by atomic mass is 35.5. The molecule has 1 N–H and O–H groups in total. The molecule has 0 atom stereocenters. The molecule has 2 aromatic rings. The van der Waals surface area contributed by atoms with Crippen molar-refractivity contribution in [1.82, 2.24) is 5.32 Å². The van der Waals surface area contributed by atoms with Crippen LogP contribution in [0.4, 0.5) is 0 Å². The van der Waals surface area contributed by atoms with Crippen molar-refractivity contribution in [3.8, 4) is 5.75 Å². The number of benzene rings is 2. The van der Waals surface area contributed by atoms with Gasteiger partial charge in [0.2, 0.25) is 0 Å². The zero-order valence-corrected chi connectivity index (χ0v) is 17.1. The average molecular weight is 376 g/mol. The molecule has 2 rings (SSSR count). The molecule has 3 heteroatoms. The standard InChI is InChI=1S/C23H33NO.ClH/c1-3-4-5-6-7-8-17-24-18-21-13-15-23(16-14-21)25-19-22-11-9-20(2)10-12-22;/h9-16,24H,3-8,17-19H2,1-2H3;1H. The third-order valence-corrected chi connectivity index (χ3v) is 4.49. The summed E-state index contributed by atoms with van der Waals surface area (Å²) in [5.41, 5.74) is 3.80. The molecular weight excluding hydrogens is 342 g/mol. The van der Waals surface area contributed by atoms with Crippen molar-refractivity contribution < 1.29 is 4.74 Å². The van der Waals surface area contributed by atoms with Gasteiger partial charge >= 0.3 is 0 Å². The topological polar surface area (TPSA) is 21.3 Å². The molecule has 2 aromatic carbocycles. The molecule has 0 saturated carbocycles. The summed E-state index contributed by atoms with van der Waals surface area (Å²) < 4.78 is 5.86. The van der Waals surface area contributed by atoms with Crippen molar-refractivity contribution in [2.45, 2.75) is 65.5 Å². The van der Waals surface area contributed by atoms with Gasteiger partial charge in [-0.1, -0.05) is 81.0 Å². The van der Waals surface area contributed by atoms with Gasteiger partial charge in [-0.3, -0.25) is 0 Å². The maximum atomic E-state index is 5.86. The predicted octanol–water partition coefficient (Wildman–Crippen LogP) is 6.45. The van der Waals surface area contributed by atoms with Gasteiger partial charge in [-0.05, 0) is 43.1 Å². The summed E-state index contributed by atoms with van der Waals surface area (Å²) in [6, 6.07) is 16.9. The minimum absolute atomic E-state index is 0. The highest BCUT2D eigenvalue weighted by molar-refractivity contribution is 5.85. The molecule has 144 valence electrons. The quantitative estimate of drug-likeness (QED) is 0.430. The second kappa shape index (κ2) is 13.7. The zero-order valence-electron chi connectivity index (χ0n) is 16.3. The SMILES string of the molecule is CCCCCCCCNCc1ccc(OCc2ccc(C)cc2)cc1.Cl. The van der Waals surface area contributed by atoms with Crippen LogP contribution < -0.4 is 10.1 Å². The predicted molar refractivity (Wildman–Crippen MR) is 114 cm³/mol. The molecule has 26 heavy (non-hydrogen) atoms. The van der Waals surface area contributed by atoms with Crippen LogP contribution in [0.1, 0.15) is 62.1 Å². The largest absolute Gasteiger partial charge is 0.489 e. The molecule has 0 radical (unpaired) electrons. The summed E-state index contributed by atoms with van der Waals surface area (Å²) in [6.45, 7) is 7.03. The van der Waals surface area contributed by atoms with Gasteiger partial charge in [0, 0.05) is 6.54 Å². The Labute approximate surface area is 165 Å². The van der Waals surface area contributed by atoms with Crippen LogP contribution in [0, 0.1) is 6.92 Å². The van der Waals surface area contributed by atoms with E-state index in [2.05, 4.69) is 67.7 Å². The summed E-state index contributed by atoms with van der Waals surface area (Å²) in [7, 11) is 0. The number of nitrogens with one attached hydrogen (secondary N) is 1. The van der Waals surface area contributed by atoms with Crippen molar-refractivity contribution in [3.63, 3.8) is 0 Å². The van der Waals surface area contributed by atoms with Gasteiger partial charge in [0.05, 0.1) is 0 Å². The summed E-state index contributed by atoms with van der Waals surface area (Å²) in [5.74, 6) is 0.931. The molecule has 0 bridgehead atoms. The molecule has 0 amide bonds. The number of ether oxygens (including phenoxy) is 1. The Morgan fingerprint density at radius 3 is 2.08 bits per heavy atom. The van der Waals surface area contributed by atoms with E-state index < -0.39 is 0 Å². The van der Waals surface area contributed by atoms with E-state index in [9.17, 15) is 0 Å². The van der Waals surface area contributed by atoms with Gasteiger partial charge in [-0.25, -0.2) is 0 Å². The van der Waals surface area contributed by atoms with Crippen LogP contribution in [-0.4, -0.2) is 6.54 Å². The molecule has 0 unspecified atom stereocenters. The third-order valence-electron chi connectivity index (χ3n) is 4.49. The molecule has 0 heterocycles. The maximum absolute atomic E-state index is 5.86. The van der Waals surface area contributed by atoms with Gasteiger partial charge in [-0.2, -0.15) is 0 Å². The van der Waals surface area contributed by atoms with Crippen LogP contribution in [0.25, 0.3) is 0 Å². The molecule has 0 aliphatic heterocycles. The van der Waals surface area contributed by atoms with Crippen LogP contribution in [0.3, 0.4) is 0 Å². The van der Waals surface area contributed by atoms with Gasteiger partial charge < -0.3 is 10.1 Å². The lowest BCUT2D eigenvalue weighted by Gasteiger charge is -2.09.